The average molecular weight is 201 g/mol. The van der Waals surface area contributed by atoms with E-state index in [1.54, 1.807) is 12.5 Å². The molecule has 0 radical (unpaired) electrons. The van der Waals surface area contributed by atoms with E-state index in [0.29, 0.717) is 5.75 Å². The van der Waals surface area contributed by atoms with Crippen LogP contribution >= 0.6 is 0 Å². The highest BCUT2D eigenvalue weighted by atomic mass is 32.2. The van der Waals surface area contributed by atoms with E-state index in [1.165, 1.54) is 0 Å². The summed E-state index contributed by atoms with van der Waals surface area (Å²) in [7, 11) is -0.722. The number of furan rings is 1. The summed E-state index contributed by atoms with van der Waals surface area (Å²) in [5, 5.41) is 3.23. The van der Waals surface area contributed by atoms with Gasteiger partial charge in [0.1, 0.15) is 5.76 Å². The quantitative estimate of drug-likeness (QED) is 0.781. The average Bonchev–Trinajstić information content (AvgIpc) is 2.55. The third kappa shape index (κ3) is 3.74. The van der Waals surface area contributed by atoms with Gasteiger partial charge >= 0.3 is 0 Å². The van der Waals surface area contributed by atoms with E-state index >= 15 is 0 Å². The lowest BCUT2D eigenvalue weighted by Gasteiger charge is -2.09. The molecule has 0 bridgehead atoms. The molecule has 1 aromatic rings. The van der Waals surface area contributed by atoms with Crippen molar-refractivity contribution < 1.29 is 8.63 Å². The standard InChI is InChI=1S/C9H15NO2S/c1-8(9-4-3-6-12-9)10-5-7-13(2)11/h3-4,6,8,10H,5,7H2,1-2H3. The topological polar surface area (TPSA) is 42.2 Å². The molecule has 0 aliphatic rings. The van der Waals surface area contributed by atoms with Crippen LogP contribution in [0.2, 0.25) is 0 Å². The van der Waals surface area contributed by atoms with Crippen molar-refractivity contribution in [2.24, 2.45) is 0 Å². The highest BCUT2D eigenvalue weighted by Gasteiger charge is 2.06. The summed E-state index contributed by atoms with van der Waals surface area (Å²) in [5.74, 6) is 1.60. The summed E-state index contributed by atoms with van der Waals surface area (Å²) < 4.78 is 16.0. The van der Waals surface area contributed by atoms with Crippen LogP contribution < -0.4 is 5.32 Å². The van der Waals surface area contributed by atoms with Gasteiger partial charge in [0.15, 0.2) is 0 Å². The Morgan fingerprint density at radius 2 is 2.46 bits per heavy atom. The third-order valence-electron chi connectivity index (χ3n) is 1.81. The molecular weight excluding hydrogens is 186 g/mol. The molecular formula is C9H15NO2S. The Bertz CT molecular complexity index is 259. The first-order valence-corrected chi connectivity index (χ1v) is 5.99. The Kier molecular flexibility index (Phi) is 4.18. The van der Waals surface area contributed by atoms with Crippen LogP contribution in [0.3, 0.4) is 0 Å². The molecule has 2 atom stereocenters. The van der Waals surface area contributed by atoms with Crippen molar-refractivity contribution in [3.8, 4) is 0 Å². The molecule has 3 nitrogen and oxygen atoms in total. The van der Waals surface area contributed by atoms with Crippen LogP contribution in [0.5, 0.6) is 0 Å². The molecule has 1 heterocycles. The van der Waals surface area contributed by atoms with Gasteiger partial charge in [-0.2, -0.15) is 0 Å². The second-order valence-electron chi connectivity index (χ2n) is 2.97. The molecule has 0 aromatic carbocycles. The zero-order valence-electron chi connectivity index (χ0n) is 7.95. The summed E-state index contributed by atoms with van der Waals surface area (Å²) in [6.45, 7) is 2.78. The lowest BCUT2D eigenvalue weighted by molar-refractivity contribution is 0.437. The predicted octanol–water partition coefficient (Wildman–Crippen LogP) is 1.31. The van der Waals surface area contributed by atoms with Crippen LogP contribution in [0.25, 0.3) is 0 Å². The Hall–Kier alpha value is -0.610. The lowest BCUT2D eigenvalue weighted by atomic mass is 10.2. The summed E-state index contributed by atoms with van der Waals surface area (Å²) >= 11 is 0. The lowest BCUT2D eigenvalue weighted by Crippen LogP contribution is -2.23. The van der Waals surface area contributed by atoms with Gasteiger partial charge in [0, 0.05) is 29.4 Å². The summed E-state index contributed by atoms with van der Waals surface area (Å²) in [6, 6.07) is 3.99. The van der Waals surface area contributed by atoms with Gasteiger partial charge in [-0.1, -0.05) is 0 Å². The van der Waals surface area contributed by atoms with Crippen LogP contribution in [-0.2, 0) is 10.8 Å². The van der Waals surface area contributed by atoms with Crippen molar-refractivity contribution in [2.45, 2.75) is 13.0 Å². The largest absolute Gasteiger partial charge is 0.468 e. The molecule has 1 N–H and O–H groups in total. The first kappa shape index (κ1) is 10.5. The first-order valence-electron chi connectivity index (χ1n) is 4.27. The zero-order chi connectivity index (χ0) is 9.68. The van der Waals surface area contributed by atoms with Gasteiger partial charge in [-0.25, -0.2) is 0 Å². The van der Waals surface area contributed by atoms with Gasteiger partial charge in [-0.15, -0.1) is 0 Å². The minimum atomic E-state index is -0.722. The van der Waals surface area contributed by atoms with Crippen LogP contribution in [0.1, 0.15) is 18.7 Å². The molecule has 0 amide bonds. The van der Waals surface area contributed by atoms with Crippen molar-refractivity contribution in [2.75, 3.05) is 18.6 Å². The van der Waals surface area contributed by atoms with Crippen LogP contribution in [0.15, 0.2) is 22.8 Å². The highest BCUT2D eigenvalue weighted by molar-refractivity contribution is 7.84. The summed E-state index contributed by atoms with van der Waals surface area (Å²) in [5.41, 5.74) is 0. The molecule has 0 saturated carbocycles. The van der Waals surface area contributed by atoms with E-state index < -0.39 is 10.8 Å². The fraction of sp³-hybridized carbons (Fsp3) is 0.556. The number of nitrogens with one attached hydrogen (secondary N) is 1. The fourth-order valence-electron chi connectivity index (χ4n) is 1.06. The van der Waals surface area contributed by atoms with E-state index in [2.05, 4.69) is 5.32 Å². The third-order valence-corrected chi connectivity index (χ3v) is 2.59. The fourth-order valence-corrected chi connectivity index (χ4v) is 1.46. The molecule has 2 unspecified atom stereocenters. The predicted molar refractivity (Wildman–Crippen MR) is 54.1 cm³/mol. The van der Waals surface area contributed by atoms with Gasteiger partial charge in [0.25, 0.3) is 0 Å². The molecule has 0 fully saturated rings. The van der Waals surface area contributed by atoms with Crippen molar-refractivity contribution >= 4 is 10.8 Å². The van der Waals surface area contributed by atoms with Crippen molar-refractivity contribution in [1.29, 1.82) is 0 Å². The van der Waals surface area contributed by atoms with E-state index in [4.69, 9.17) is 4.42 Å². The zero-order valence-corrected chi connectivity index (χ0v) is 8.76. The highest BCUT2D eigenvalue weighted by Crippen LogP contribution is 2.11. The Morgan fingerprint density at radius 1 is 1.69 bits per heavy atom. The first-order chi connectivity index (χ1) is 6.20. The number of hydrogen-bond acceptors (Lipinski definition) is 3. The van der Waals surface area contributed by atoms with Crippen LogP contribution in [0, 0.1) is 0 Å². The van der Waals surface area contributed by atoms with Crippen LogP contribution in [-0.4, -0.2) is 22.8 Å². The molecule has 4 heteroatoms. The Balaban J connectivity index is 2.26. The van der Waals surface area contributed by atoms with Crippen molar-refractivity contribution in [3.05, 3.63) is 24.2 Å². The van der Waals surface area contributed by atoms with Gasteiger partial charge in [-0.05, 0) is 19.1 Å². The monoisotopic (exact) mass is 201 g/mol. The van der Waals surface area contributed by atoms with E-state index in [-0.39, 0.29) is 6.04 Å². The maximum absolute atomic E-state index is 10.8. The SMILES string of the molecule is CC(NCCS(C)=O)c1ccco1. The van der Waals surface area contributed by atoms with Crippen LogP contribution in [0.4, 0.5) is 0 Å². The molecule has 74 valence electrons. The molecule has 1 rings (SSSR count). The van der Waals surface area contributed by atoms with Gasteiger partial charge in [-0.3, -0.25) is 4.21 Å². The van der Waals surface area contributed by atoms with Gasteiger partial charge < -0.3 is 9.73 Å². The second-order valence-corrected chi connectivity index (χ2v) is 4.52. The maximum Gasteiger partial charge on any atom is 0.120 e. The minimum absolute atomic E-state index is 0.193. The Morgan fingerprint density at radius 3 is 3.00 bits per heavy atom. The van der Waals surface area contributed by atoms with E-state index in [9.17, 15) is 4.21 Å². The molecule has 13 heavy (non-hydrogen) atoms. The van der Waals surface area contributed by atoms with Gasteiger partial charge in [0.2, 0.25) is 0 Å². The normalized spacial score (nSPS) is 15.5. The van der Waals surface area contributed by atoms with E-state index in [0.717, 1.165) is 12.3 Å². The maximum atomic E-state index is 10.8. The van der Waals surface area contributed by atoms with Crippen molar-refractivity contribution in [1.82, 2.24) is 5.32 Å². The molecule has 0 spiro atoms. The summed E-state index contributed by atoms with van der Waals surface area (Å²) in [6.07, 6.45) is 3.37. The number of hydrogen-bond donors (Lipinski definition) is 1. The van der Waals surface area contributed by atoms with E-state index in [1.807, 2.05) is 19.1 Å². The summed E-state index contributed by atoms with van der Waals surface area (Å²) in [4.78, 5) is 0. The number of rotatable bonds is 5. The Labute approximate surface area is 81.0 Å². The smallest absolute Gasteiger partial charge is 0.120 e. The van der Waals surface area contributed by atoms with Gasteiger partial charge in [0.05, 0.1) is 12.3 Å². The second kappa shape index (κ2) is 5.19. The molecule has 0 aliphatic heterocycles. The molecule has 1 aromatic heterocycles. The molecule has 0 saturated heterocycles. The molecule has 0 aliphatic carbocycles. The minimum Gasteiger partial charge on any atom is -0.468 e. The van der Waals surface area contributed by atoms with Crippen molar-refractivity contribution in [3.63, 3.8) is 0 Å².